The molecule has 2 aromatic rings. The lowest BCUT2D eigenvalue weighted by molar-refractivity contribution is -0.148. The van der Waals surface area contributed by atoms with E-state index in [4.69, 9.17) is 4.74 Å². The lowest BCUT2D eigenvalue weighted by Gasteiger charge is -2.31. The lowest BCUT2D eigenvalue weighted by atomic mass is 9.96. The SMILES string of the molecule is O=C(COC(=O)C1CCN(C(=O)c2ccc(Br)cc2)CC1)c1ccc(F)cc1F. The fourth-order valence-electron chi connectivity index (χ4n) is 3.14. The summed E-state index contributed by atoms with van der Waals surface area (Å²) >= 11 is 3.32. The molecule has 8 heteroatoms. The molecule has 1 heterocycles. The monoisotopic (exact) mass is 465 g/mol. The molecule has 0 aromatic heterocycles. The van der Waals surface area contributed by atoms with Crippen LogP contribution >= 0.6 is 15.9 Å². The number of nitrogens with zero attached hydrogens (tertiary/aromatic N) is 1. The molecule has 0 bridgehead atoms. The summed E-state index contributed by atoms with van der Waals surface area (Å²) in [5.74, 6) is -3.62. The summed E-state index contributed by atoms with van der Waals surface area (Å²) in [5, 5.41) is 0. The van der Waals surface area contributed by atoms with Crippen molar-refractivity contribution in [3.8, 4) is 0 Å². The Hall–Kier alpha value is -2.61. The van der Waals surface area contributed by atoms with E-state index >= 15 is 0 Å². The number of hydrogen-bond donors (Lipinski definition) is 0. The molecule has 1 saturated heterocycles. The minimum absolute atomic E-state index is 0.105. The van der Waals surface area contributed by atoms with Crippen molar-refractivity contribution in [2.75, 3.05) is 19.7 Å². The van der Waals surface area contributed by atoms with Gasteiger partial charge in [-0.2, -0.15) is 0 Å². The van der Waals surface area contributed by atoms with Gasteiger partial charge < -0.3 is 9.64 Å². The molecule has 1 aliphatic rings. The van der Waals surface area contributed by atoms with Crippen LogP contribution in [-0.2, 0) is 9.53 Å². The van der Waals surface area contributed by atoms with E-state index in [0.29, 0.717) is 37.6 Å². The van der Waals surface area contributed by atoms with Crippen LogP contribution in [0.5, 0.6) is 0 Å². The molecule has 5 nitrogen and oxygen atoms in total. The quantitative estimate of drug-likeness (QED) is 0.494. The molecule has 3 rings (SSSR count). The maximum absolute atomic E-state index is 13.6. The van der Waals surface area contributed by atoms with Crippen LogP contribution < -0.4 is 0 Å². The molecule has 1 fully saturated rings. The van der Waals surface area contributed by atoms with Crippen LogP contribution in [0, 0.1) is 17.6 Å². The smallest absolute Gasteiger partial charge is 0.309 e. The summed E-state index contributed by atoms with van der Waals surface area (Å²) in [7, 11) is 0. The number of halogens is 3. The number of rotatable bonds is 5. The highest BCUT2D eigenvalue weighted by Gasteiger charge is 2.29. The summed E-state index contributed by atoms with van der Waals surface area (Å²) in [6.45, 7) is 0.184. The minimum Gasteiger partial charge on any atom is -0.457 e. The fourth-order valence-corrected chi connectivity index (χ4v) is 3.41. The van der Waals surface area contributed by atoms with Gasteiger partial charge in [0.25, 0.3) is 5.91 Å². The summed E-state index contributed by atoms with van der Waals surface area (Å²) in [4.78, 5) is 38.4. The number of hydrogen-bond acceptors (Lipinski definition) is 4. The number of benzene rings is 2. The third kappa shape index (κ3) is 5.26. The first-order valence-electron chi connectivity index (χ1n) is 9.05. The van der Waals surface area contributed by atoms with Crippen LogP contribution in [0.25, 0.3) is 0 Å². The van der Waals surface area contributed by atoms with Crippen molar-refractivity contribution >= 4 is 33.6 Å². The van der Waals surface area contributed by atoms with Gasteiger partial charge in [-0.3, -0.25) is 14.4 Å². The van der Waals surface area contributed by atoms with Gasteiger partial charge >= 0.3 is 5.97 Å². The predicted molar refractivity (Wildman–Crippen MR) is 104 cm³/mol. The number of Topliss-reactive ketones (excluding diaryl/α,β-unsaturated/α-hetero) is 1. The van der Waals surface area contributed by atoms with E-state index in [9.17, 15) is 23.2 Å². The maximum atomic E-state index is 13.6. The molecular weight excluding hydrogens is 448 g/mol. The predicted octanol–water partition coefficient (Wildman–Crippen LogP) is 4.01. The molecule has 0 N–H and O–H groups in total. The Morgan fingerprint density at radius 1 is 1.03 bits per heavy atom. The Kier molecular flexibility index (Phi) is 6.74. The second-order valence-electron chi connectivity index (χ2n) is 6.73. The average molecular weight is 466 g/mol. The van der Waals surface area contributed by atoms with Crippen molar-refractivity contribution in [3.63, 3.8) is 0 Å². The van der Waals surface area contributed by atoms with Gasteiger partial charge in [-0.1, -0.05) is 15.9 Å². The number of carbonyl (C=O) groups is 3. The highest BCUT2D eigenvalue weighted by molar-refractivity contribution is 9.10. The first-order valence-corrected chi connectivity index (χ1v) is 9.84. The molecule has 0 spiro atoms. The number of likely N-dealkylation sites (tertiary alicyclic amines) is 1. The summed E-state index contributed by atoms with van der Waals surface area (Å²) in [6.07, 6.45) is 0.834. The number of piperidine rings is 1. The zero-order valence-corrected chi connectivity index (χ0v) is 17.0. The Morgan fingerprint density at radius 3 is 2.31 bits per heavy atom. The number of ether oxygens (including phenoxy) is 1. The van der Waals surface area contributed by atoms with Gasteiger partial charge in [-0.05, 0) is 49.2 Å². The summed E-state index contributed by atoms with van der Waals surface area (Å²) in [5.41, 5.74) is 0.246. The topological polar surface area (TPSA) is 63.7 Å². The van der Waals surface area contributed by atoms with Gasteiger partial charge in [0.2, 0.25) is 5.78 Å². The van der Waals surface area contributed by atoms with Gasteiger partial charge in [0.05, 0.1) is 11.5 Å². The van der Waals surface area contributed by atoms with E-state index in [1.165, 1.54) is 0 Å². The lowest BCUT2D eigenvalue weighted by Crippen LogP contribution is -2.40. The van der Waals surface area contributed by atoms with Gasteiger partial charge in [0.15, 0.2) is 6.61 Å². The van der Waals surface area contributed by atoms with Crippen molar-refractivity contribution in [2.45, 2.75) is 12.8 Å². The van der Waals surface area contributed by atoms with Gasteiger partial charge in [0, 0.05) is 29.2 Å². The second-order valence-corrected chi connectivity index (χ2v) is 7.64. The van der Waals surface area contributed by atoms with Crippen LogP contribution in [-0.4, -0.2) is 42.3 Å². The van der Waals surface area contributed by atoms with Crippen molar-refractivity contribution in [3.05, 3.63) is 69.7 Å². The molecule has 0 saturated carbocycles. The molecular formula is C21H18BrF2NO4. The zero-order chi connectivity index (χ0) is 21.0. The first kappa shape index (κ1) is 21.1. The molecule has 1 aliphatic heterocycles. The Bertz CT molecular complexity index is 925. The standard InChI is InChI=1S/C21H18BrF2NO4/c22-15-3-1-13(2-4-15)20(27)25-9-7-14(8-10-25)21(28)29-12-19(26)17-6-5-16(23)11-18(17)24/h1-6,11,14H,7-10,12H2. The Labute approximate surface area is 174 Å². The van der Waals surface area contributed by atoms with Gasteiger partial charge in [-0.25, -0.2) is 8.78 Å². The summed E-state index contributed by atoms with van der Waals surface area (Å²) < 4.78 is 32.4. The van der Waals surface area contributed by atoms with Crippen LogP contribution in [0.4, 0.5) is 8.78 Å². The fraction of sp³-hybridized carbons (Fsp3) is 0.286. The number of esters is 1. The third-order valence-corrected chi connectivity index (χ3v) is 5.31. The van der Waals surface area contributed by atoms with Crippen LogP contribution in [0.3, 0.4) is 0 Å². The van der Waals surface area contributed by atoms with Crippen molar-refractivity contribution in [2.24, 2.45) is 5.92 Å². The zero-order valence-electron chi connectivity index (χ0n) is 15.4. The molecule has 2 aromatic carbocycles. The molecule has 0 radical (unpaired) electrons. The molecule has 1 amide bonds. The number of amides is 1. The van der Waals surface area contributed by atoms with E-state index in [-0.39, 0.29) is 11.5 Å². The first-order chi connectivity index (χ1) is 13.8. The van der Waals surface area contributed by atoms with Crippen molar-refractivity contribution in [1.29, 1.82) is 0 Å². The maximum Gasteiger partial charge on any atom is 0.309 e. The summed E-state index contributed by atoms with van der Waals surface area (Å²) in [6, 6.07) is 9.63. The molecule has 0 unspecified atom stereocenters. The molecule has 29 heavy (non-hydrogen) atoms. The van der Waals surface area contributed by atoms with E-state index in [1.54, 1.807) is 29.2 Å². The van der Waals surface area contributed by atoms with Crippen molar-refractivity contribution in [1.82, 2.24) is 4.90 Å². The molecule has 0 aliphatic carbocycles. The largest absolute Gasteiger partial charge is 0.457 e. The second kappa shape index (κ2) is 9.26. The minimum atomic E-state index is -0.995. The molecule has 0 atom stereocenters. The van der Waals surface area contributed by atoms with Crippen molar-refractivity contribution < 1.29 is 27.9 Å². The third-order valence-electron chi connectivity index (χ3n) is 4.78. The Balaban J connectivity index is 1.49. The van der Waals surface area contributed by atoms with E-state index < -0.39 is 35.9 Å². The Morgan fingerprint density at radius 2 is 1.69 bits per heavy atom. The van der Waals surface area contributed by atoms with E-state index in [1.807, 2.05) is 0 Å². The van der Waals surface area contributed by atoms with Gasteiger partial charge in [-0.15, -0.1) is 0 Å². The average Bonchev–Trinajstić information content (AvgIpc) is 2.72. The van der Waals surface area contributed by atoms with Gasteiger partial charge in [0.1, 0.15) is 11.6 Å². The van der Waals surface area contributed by atoms with Crippen LogP contribution in [0.1, 0.15) is 33.6 Å². The highest BCUT2D eigenvalue weighted by atomic mass is 79.9. The van der Waals surface area contributed by atoms with E-state index in [2.05, 4.69) is 15.9 Å². The van der Waals surface area contributed by atoms with Crippen LogP contribution in [0.2, 0.25) is 0 Å². The van der Waals surface area contributed by atoms with E-state index in [0.717, 1.165) is 16.6 Å². The number of ketones is 1. The number of carbonyl (C=O) groups excluding carboxylic acids is 3. The molecule has 152 valence electrons. The van der Waals surface area contributed by atoms with Crippen LogP contribution in [0.15, 0.2) is 46.9 Å². The highest BCUT2D eigenvalue weighted by Crippen LogP contribution is 2.21. The normalized spacial score (nSPS) is 14.5.